The van der Waals surface area contributed by atoms with Gasteiger partial charge in [-0.15, -0.1) is 0 Å². The van der Waals surface area contributed by atoms with E-state index in [2.05, 4.69) is 11.8 Å². The van der Waals surface area contributed by atoms with Gasteiger partial charge in [0.05, 0.1) is 16.8 Å². The number of amides is 1. The third kappa shape index (κ3) is 5.75. The first-order valence-corrected chi connectivity index (χ1v) is 12.3. The first-order chi connectivity index (χ1) is 16.0. The number of carbonyl (C=O) groups is 1. The predicted molar refractivity (Wildman–Crippen MR) is 132 cm³/mol. The van der Waals surface area contributed by atoms with Gasteiger partial charge in [0.2, 0.25) is 0 Å². The number of ether oxygens (including phenoxy) is 3. The van der Waals surface area contributed by atoms with Crippen molar-refractivity contribution in [2.75, 3.05) is 51.9 Å². The van der Waals surface area contributed by atoms with E-state index in [1.807, 2.05) is 50.5 Å². The summed E-state index contributed by atoms with van der Waals surface area (Å²) in [4.78, 5) is 22.2. The monoisotopic (exact) mass is 469 g/mol. The topological polar surface area (TPSA) is 64.1 Å². The number of hydrogen-bond donors (Lipinski definition) is 0. The minimum absolute atomic E-state index is 0.0646. The second kappa shape index (κ2) is 10.9. The molecule has 1 aromatic heterocycles. The number of rotatable bonds is 10. The summed E-state index contributed by atoms with van der Waals surface area (Å²) in [6.07, 6.45) is 2.94. The molecule has 1 amide bonds. The molecule has 0 spiro atoms. The van der Waals surface area contributed by atoms with Crippen LogP contribution in [-0.2, 0) is 0 Å². The van der Waals surface area contributed by atoms with Crippen molar-refractivity contribution < 1.29 is 19.0 Å². The Morgan fingerprint density at radius 2 is 1.79 bits per heavy atom. The minimum Gasteiger partial charge on any atom is -0.494 e. The Labute approximate surface area is 198 Å². The van der Waals surface area contributed by atoms with Gasteiger partial charge in [0.15, 0.2) is 16.6 Å². The van der Waals surface area contributed by atoms with Crippen LogP contribution in [-0.4, -0.2) is 62.8 Å². The summed E-state index contributed by atoms with van der Waals surface area (Å²) in [7, 11) is 4.07. The first-order valence-electron chi connectivity index (χ1n) is 11.4. The van der Waals surface area contributed by atoms with E-state index in [9.17, 15) is 4.79 Å². The highest BCUT2D eigenvalue weighted by molar-refractivity contribution is 7.22. The second-order valence-electron chi connectivity index (χ2n) is 8.30. The zero-order valence-electron chi connectivity index (χ0n) is 19.5. The molecule has 0 radical (unpaired) electrons. The number of carbonyl (C=O) groups excluding carboxylic acids is 1. The van der Waals surface area contributed by atoms with Crippen molar-refractivity contribution >= 4 is 32.6 Å². The van der Waals surface area contributed by atoms with Crippen molar-refractivity contribution in [2.24, 2.45) is 0 Å². The Morgan fingerprint density at radius 3 is 2.48 bits per heavy atom. The van der Waals surface area contributed by atoms with Crippen molar-refractivity contribution in [1.29, 1.82) is 0 Å². The quantitative estimate of drug-likeness (QED) is 0.396. The summed E-state index contributed by atoms with van der Waals surface area (Å²) < 4.78 is 18.1. The molecule has 176 valence electrons. The molecule has 33 heavy (non-hydrogen) atoms. The van der Waals surface area contributed by atoms with Crippen molar-refractivity contribution in [3.8, 4) is 17.2 Å². The molecule has 2 heterocycles. The number of hydrogen-bond acceptors (Lipinski definition) is 7. The minimum atomic E-state index is -0.0646. The van der Waals surface area contributed by atoms with Gasteiger partial charge in [0.25, 0.3) is 5.91 Å². The van der Waals surface area contributed by atoms with Gasteiger partial charge < -0.3 is 19.1 Å². The van der Waals surface area contributed by atoms with Crippen LogP contribution in [0.15, 0.2) is 36.4 Å². The van der Waals surface area contributed by atoms with Crippen LogP contribution < -0.4 is 19.1 Å². The zero-order valence-corrected chi connectivity index (χ0v) is 20.3. The molecule has 4 rings (SSSR count). The van der Waals surface area contributed by atoms with Gasteiger partial charge in [-0.25, -0.2) is 4.98 Å². The van der Waals surface area contributed by atoms with Crippen LogP contribution in [0.2, 0.25) is 0 Å². The summed E-state index contributed by atoms with van der Waals surface area (Å²) in [5, 5.41) is 0.680. The van der Waals surface area contributed by atoms with Gasteiger partial charge in [-0.05, 0) is 57.7 Å². The average Bonchev–Trinajstić information content (AvgIpc) is 3.22. The predicted octanol–water partition coefficient (Wildman–Crippen LogP) is 4.84. The number of unbranched alkanes of at least 4 members (excludes halogenated alkanes) is 1. The Kier molecular flexibility index (Phi) is 7.67. The number of thiazole rings is 1. The van der Waals surface area contributed by atoms with Gasteiger partial charge >= 0.3 is 0 Å². The van der Waals surface area contributed by atoms with Crippen molar-refractivity contribution in [3.63, 3.8) is 0 Å². The molecule has 0 unspecified atom stereocenters. The van der Waals surface area contributed by atoms with E-state index in [0.29, 0.717) is 42.8 Å². The van der Waals surface area contributed by atoms with Gasteiger partial charge in [-0.3, -0.25) is 9.69 Å². The molecular weight excluding hydrogens is 438 g/mol. The lowest BCUT2D eigenvalue weighted by atomic mass is 10.2. The van der Waals surface area contributed by atoms with Crippen molar-refractivity contribution in [3.05, 3.63) is 42.0 Å². The van der Waals surface area contributed by atoms with Crippen molar-refractivity contribution in [1.82, 2.24) is 9.88 Å². The fraction of sp³-hybridized carbons (Fsp3) is 0.440. The maximum Gasteiger partial charge on any atom is 0.260 e. The van der Waals surface area contributed by atoms with Crippen LogP contribution >= 0.6 is 11.3 Å². The molecule has 0 N–H and O–H groups in total. The molecule has 8 heteroatoms. The summed E-state index contributed by atoms with van der Waals surface area (Å²) >= 11 is 1.50. The Balaban J connectivity index is 1.58. The molecular formula is C25H31N3O4S. The lowest BCUT2D eigenvalue weighted by Gasteiger charge is -2.21. The van der Waals surface area contributed by atoms with Gasteiger partial charge in [-0.2, -0.15) is 0 Å². The maximum absolute atomic E-state index is 13.5. The Morgan fingerprint density at radius 1 is 1.06 bits per heavy atom. The highest BCUT2D eigenvalue weighted by Crippen LogP contribution is 2.39. The molecule has 1 aliphatic heterocycles. The van der Waals surface area contributed by atoms with Crippen LogP contribution in [0, 0.1) is 0 Å². The summed E-state index contributed by atoms with van der Waals surface area (Å²) in [6, 6.07) is 11.2. The molecule has 1 aliphatic rings. The zero-order chi connectivity index (χ0) is 23.2. The van der Waals surface area contributed by atoms with Crippen LogP contribution in [0.3, 0.4) is 0 Å². The van der Waals surface area contributed by atoms with Crippen LogP contribution in [0.1, 0.15) is 36.5 Å². The average molecular weight is 470 g/mol. The highest BCUT2D eigenvalue weighted by Gasteiger charge is 2.23. The second-order valence-corrected chi connectivity index (χ2v) is 9.31. The first kappa shape index (κ1) is 23.3. The molecule has 0 saturated carbocycles. The van der Waals surface area contributed by atoms with E-state index in [-0.39, 0.29) is 5.91 Å². The fourth-order valence-corrected chi connectivity index (χ4v) is 4.58. The number of anilines is 1. The lowest BCUT2D eigenvalue weighted by molar-refractivity contribution is 0.0986. The van der Waals surface area contributed by atoms with E-state index in [4.69, 9.17) is 19.2 Å². The van der Waals surface area contributed by atoms with Gasteiger partial charge in [0, 0.05) is 24.2 Å². The summed E-state index contributed by atoms with van der Waals surface area (Å²) in [5.41, 5.74) is 1.43. The smallest absolute Gasteiger partial charge is 0.260 e. The maximum atomic E-state index is 13.5. The van der Waals surface area contributed by atoms with Crippen LogP contribution in [0.5, 0.6) is 17.2 Å². The Bertz CT molecular complexity index is 1040. The largest absolute Gasteiger partial charge is 0.494 e. The van der Waals surface area contributed by atoms with Crippen molar-refractivity contribution in [2.45, 2.75) is 26.2 Å². The van der Waals surface area contributed by atoms with E-state index in [1.54, 1.807) is 4.90 Å². The van der Waals surface area contributed by atoms with Crippen LogP contribution in [0.4, 0.5) is 5.13 Å². The number of benzene rings is 2. The summed E-state index contributed by atoms with van der Waals surface area (Å²) in [5.74, 6) is 2.15. The molecule has 2 aromatic carbocycles. The van der Waals surface area contributed by atoms with Gasteiger partial charge in [-0.1, -0.05) is 24.7 Å². The van der Waals surface area contributed by atoms with E-state index >= 15 is 0 Å². The number of aromatic nitrogens is 1. The van der Waals surface area contributed by atoms with Crippen LogP contribution in [0.25, 0.3) is 10.2 Å². The molecule has 0 aliphatic carbocycles. The van der Waals surface area contributed by atoms with E-state index in [0.717, 1.165) is 47.5 Å². The molecule has 3 aromatic rings. The molecule has 0 atom stereocenters. The third-order valence-corrected chi connectivity index (χ3v) is 6.41. The highest BCUT2D eigenvalue weighted by atomic mass is 32.1. The van der Waals surface area contributed by atoms with E-state index < -0.39 is 0 Å². The van der Waals surface area contributed by atoms with E-state index in [1.165, 1.54) is 11.3 Å². The normalized spacial score (nSPS) is 12.8. The Hall–Kier alpha value is -2.84. The van der Waals surface area contributed by atoms with Gasteiger partial charge in [0.1, 0.15) is 19.0 Å². The summed E-state index contributed by atoms with van der Waals surface area (Å²) in [6.45, 7) is 5.35. The molecule has 0 saturated heterocycles. The standard InChI is InChI=1S/C25H31N3O4S/c1-4-5-13-30-19-9-7-18(8-10-19)24(29)28(12-6-11-27(2)3)25-26-20-16-21-22(17-23(20)33-25)32-15-14-31-21/h7-10,16-17H,4-6,11-15H2,1-3H3. The molecule has 0 fully saturated rings. The fourth-order valence-electron chi connectivity index (χ4n) is 3.58. The molecule has 0 bridgehead atoms. The lowest BCUT2D eigenvalue weighted by Crippen LogP contribution is -2.33. The molecule has 7 nitrogen and oxygen atoms in total. The SMILES string of the molecule is CCCCOc1ccc(C(=O)N(CCCN(C)C)c2nc3cc4c(cc3s2)OCCO4)cc1. The third-order valence-electron chi connectivity index (χ3n) is 5.37. The number of fused-ring (bicyclic) bond motifs is 2. The number of nitrogens with zero attached hydrogens (tertiary/aromatic N) is 3.